The van der Waals surface area contributed by atoms with Crippen LogP contribution in [0.4, 0.5) is 5.69 Å². The third-order valence-corrected chi connectivity index (χ3v) is 4.03. The van der Waals surface area contributed by atoms with E-state index in [0.717, 1.165) is 18.0 Å². The summed E-state index contributed by atoms with van der Waals surface area (Å²) in [7, 11) is 1.82. The van der Waals surface area contributed by atoms with Gasteiger partial charge in [-0.2, -0.15) is 0 Å². The Morgan fingerprint density at radius 1 is 1.42 bits per heavy atom. The van der Waals surface area contributed by atoms with Gasteiger partial charge in [-0.05, 0) is 30.5 Å². The fourth-order valence-corrected chi connectivity index (χ4v) is 2.48. The quantitative estimate of drug-likeness (QED) is 0.904. The second-order valence-electron chi connectivity index (χ2n) is 5.36. The molecule has 1 aromatic rings. The Kier molecular flexibility index (Phi) is 3.42. The Morgan fingerprint density at radius 2 is 2.26 bits per heavy atom. The Morgan fingerprint density at radius 3 is 3.00 bits per heavy atom. The van der Waals surface area contributed by atoms with Crippen LogP contribution in [0, 0.1) is 0 Å². The molecule has 1 heterocycles. The van der Waals surface area contributed by atoms with Gasteiger partial charge in [0.15, 0.2) is 0 Å². The van der Waals surface area contributed by atoms with Crippen LogP contribution < -0.4 is 15.0 Å². The van der Waals surface area contributed by atoms with E-state index in [4.69, 9.17) is 4.74 Å². The van der Waals surface area contributed by atoms with Gasteiger partial charge in [0.25, 0.3) is 0 Å². The van der Waals surface area contributed by atoms with Gasteiger partial charge in [0, 0.05) is 19.6 Å². The van der Waals surface area contributed by atoms with Gasteiger partial charge in [-0.15, -0.1) is 0 Å². The van der Waals surface area contributed by atoms with Crippen molar-refractivity contribution in [1.82, 2.24) is 5.32 Å². The summed E-state index contributed by atoms with van der Waals surface area (Å²) < 4.78 is 5.62. The van der Waals surface area contributed by atoms with Gasteiger partial charge in [0.1, 0.15) is 5.75 Å². The van der Waals surface area contributed by atoms with Crippen LogP contribution in [0.25, 0.3) is 0 Å². The first-order chi connectivity index (χ1) is 9.24. The molecule has 1 fully saturated rings. The highest BCUT2D eigenvalue weighted by Gasteiger charge is 2.21. The summed E-state index contributed by atoms with van der Waals surface area (Å²) in [5.74, 6) is 0.920. The maximum Gasteiger partial charge on any atom is 0.230 e. The largest absolute Gasteiger partial charge is 0.491 e. The summed E-state index contributed by atoms with van der Waals surface area (Å²) in [5.41, 5.74) is 2.09. The van der Waals surface area contributed by atoms with Crippen LogP contribution in [0.3, 0.4) is 0 Å². The molecular weight excluding hydrogens is 240 g/mol. The van der Waals surface area contributed by atoms with Crippen molar-refractivity contribution in [3.63, 3.8) is 0 Å². The van der Waals surface area contributed by atoms with Crippen molar-refractivity contribution in [2.24, 2.45) is 0 Å². The van der Waals surface area contributed by atoms with Gasteiger partial charge in [-0.3, -0.25) is 4.79 Å². The number of rotatable bonds is 3. The highest BCUT2D eigenvalue weighted by molar-refractivity contribution is 5.95. The molecule has 0 radical (unpaired) electrons. The molecule has 1 aromatic carbocycles. The lowest BCUT2D eigenvalue weighted by atomic mass is 9.93. The number of carbonyl (C=O) groups is 1. The second-order valence-corrected chi connectivity index (χ2v) is 5.36. The molecule has 0 unspecified atom stereocenters. The van der Waals surface area contributed by atoms with E-state index in [0.29, 0.717) is 19.1 Å². The molecule has 1 saturated carbocycles. The molecule has 3 rings (SSSR count). The van der Waals surface area contributed by atoms with Crippen LogP contribution in [0.2, 0.25) is 0 Å². The molecule has 4 heteroatoms. The van der Waals surface area contributed by atoms with Crippen molar-refractivity contribution in [2.75, 3.05) is 18.6 Å². The fraction of sp³-hybridized carbons (Fsp3) is 0.533. The van der Waals surface area contributed by atoms with Crippen LogP contribution in [0.5, 0.6) is 5.75 Å². The van der Waals surface area contributed by atoms with Gasteiger partial charge in [-0.25, -0.2) is 0 Å². The van der Waals surface area contributed by atoms with E-state index in [9.17, 15) is 4.79 Å². The number of amides is 1. The molecule has 0 bridgehead atoms. The molecule has 102 valence electrons. The Balaban J connectivity index is 1.76. The predicted molar refractivity (Wildman–Crippen MR) is 74.4 cm³/mol. The Hall–Kier alpha value is -1.55. The zero-order valence-electron chi connectivity index (χ0n) is 11.3. The van der Waals surface area contributed by atoms with Crippen molar-refractivity contribution in [3.8, 4) is 5.75 Å². The molecule has 0 saturated heterocycles. The number of fused-ring (bicyclic) bond motifs is 1. The van der Waals surface area contributed by atoms with Crippen LogP contribution in [-0.2, 0) is 11.3 Å². The topological polar surface area (TPSA) is 41.6 Å². The minimum atomic E-state index is 0.114. The molecule has 19 heavy (non-hydrogen) atoms. The summed E-state index contributed by atoms with van der Waals surface area (Å²) in [5, 5.41) is 3.54. The van der Waals surface area contributed by atoms with E-state index in [-0.39, 0.29) is 5.91 Å². The van der Waals surface area contributed by atoms with E-state index in [2.05, 4.69) is 17.4 Å². The molecule has 0 aromatic heterocycles. The number of nitrogens with one attached hydrogen (secondary N) is 1. The lowest BCUT2D eigenvalue weighted by Gasteiger charge is -2.27. The summed E-state index contributed by atoms with van der Waals surface area (Å²) in [6.45, 7) is 1.33. The number of anilines is 1. The number of hydrogen-bond donors (Lipinski definition) is 1. The molecular formula is C15H20N2O2. The van der Waals surface area contributed by atoms with Gasteiger partial charge >= 0.3 is 0 Å². The summed E-state index contributed by atoms with van der Waals surface area (Å²) in [6.07, 6.45) is 4.35. The number of nitrogens with zero attached hydrogens (tertiary/aromatic N) is 1. The number of hydrogen-bond acceptors (Lipinski definition) is 3. The average molecular weight is 260 g/mol. The maximum atomic E-state index is 11.8. The molecule has 1 N–H and O–H groups in total. The van der Waals surface area contributed by atoms with Crippen LogP contribution in [0.1, 0.15) is 31.2 Å². The Labute approximate surface area is 113 Å². The first kappa shape index (κ1) is 12.5. The van der Waals surface area contributed by atoms with E-state index < -0.39 is 0 Å². The number of benzene rings is 1. The number of carbonyl (C=O) groups excluding carboxylic acids is 1. The molecule has 2 aliphatic rings. The van der Waals surface area contributed by atoms with Crippen LogP contribution in [-0.4, -0.2) is 25.6 Å². The summed E-state index contributed by atoms with van der Waals surface area (Å²) in [6, 6.07) is 6.79. The normalized spacial score (nSPS) is 19.4. The van der Waals surface area contributed by atoms with Gasteiger partial charge in [0.05, 0.1) is 18.7 Å². The van der Waals surface area contributed by atoms with Gasteiger partial charge in [0.2, 0.25) is 5.91 Å². The third kappa shape index (κ3) is 2.59. The zero-order valence-corrected chi connectivity index (χ0v) is 11.3. The highest BCUT2D eigenvalue weighted by atomic mass is 16.5. The number of ether oxygens (including phenoxy) is 1. The molecule has 4 nitrogen and oxygen atoms in total. The smallest absolute Gasteiger partial charge is 0.230 e. The summed E-state index contributed by atoms with van der Waals surface area (Å²) >= 11 is 0. The van der Waals surface area contributed by atoms with Gasteiger partial charge in [-0.1, -0.05) is 12.5 Å². The standard InChI is InChI=1S/C15H20N2O2/c1-17-13-9-11(10-16-12-3-2-4-12)5-6-14(13)19-8-7-15(17)18/h5-6,9,12,16H,2-4,7-8,10H2,1H3. The molecule has 0 atom stereocenters. The first-order valence-electron chi connectivity index (χ1n) is 7.00. The summed E-state index contributed by atoms with van der Waals surface area (Å²) in [4.78, 5) is 13.5. The fourth-order valence-electron chi connectivity index (χ4n) is 2.48. The maximum absolute atomic E-state index is 11.8. The van der Waals surface area contributed by atoms with Crippen molar-refractivity contribution in [2.45, 2.75) is 38.3 Å². The average Bonchev–Trinajstić information content (AvgIpc) is 2.49. The molecule has 0 spiro atoms. The SMILES string of the molecule is CN1C(=O)CCOc2ccc(CNC3CCC3)cc21. The lowest BCUT2D eigenvalue weighted by molar-refractivity contribution is -0.118. The van der Waals surface area contributed by atoms with E-state index in [1.54, 1.807) is 4.90 Å². The van der Waals surface area contributed by atoms with E-state index in [1.807, 2.05) is 13.1 Å². The van der Waals surface area contributed by atoms with Crippen molar-refractivity contribution >= 4 is 11.6 Å². The predicted octanol–water partition coefficient (Wildman–Crippen LogP) is 2.07. The van der Waals surface area contributed by atoms with Crippen molar-refractivity contribution < 1.29 is 9.53 Å². The lowest BCUT2D eigenvalue weighted by Crippen LogP contribution is -2.34. The van der Waals surface area contributed by atoms with Gasteiger partial charge < -0.3 is 15.0 Å². The zero-order chi connectivity index (χ0) is 13.2. The van der Waals surface area contributed by atoms with Crippen molar-refractivity contribution in [1.29, 1.82) is 0 Å². The second kappa shape index (κ2) is 5.21. The van der Waals surface area contributed by atoms with Crippen molar-refractivity contribution in [3.05, 3.63) is 23.8 Å². The minimum Gasteiger partial charge on any atom is -0.491 e. The molecule has 1 aliphatic heterocycles. The van der Waals surface area contributed by atoms with Crippen LogP contribution in [0.15, 0.2) is 18.2 Å². The molecule has 1 aliphatic carbocycles. The molecule has 1 amide bonds. The van der Waals surface area contributed by atoms with E-state index >= 15 is 0 Å². The van der Waals surface area contributed by atoms with E-state index in [1.165, 1.54) is 24.8 Å². The third-order valence-electron chi connectivity index (χ3n) is 4.03. The monoisotopic (exact) mass is 260 g/mol. The first-order valence-corrected chi connectivity index (χ1v) is 7.00. The highest BCUT2D eigenvalue weighted by Crippen LogP contribution is 2.31. The minimum absolute atomic E-state index is 0.114. The van der Waals surface area contributed by atoms with Crippen LogP contribution >= 0.6 is 0 Å². The Bertz CT molecular complexity index is 483.